The topological polar surface area (TPSA) is 25.4 Å². The second kappa shape index (κ2) is 6.21. The van der Waals surface area contributed by atoms with Crippen LogP contribution in [0.3, 0.4) is 0 Å². The first-order valence-corrected chi connectivity index (χ1v) is 6.25. The van der Waals surface area contributed by atoms with Gasteiger partial charge in [0.2, 0.25) is 0 Å². The minimum atomic E-state index is 0.280. The molecule has 0 amide bonds. The number of pyridine rings is 1. The van der Waals surface area contributed by atoms with Crippen molar-refractivity contribution in [1.29, 1.82) is 0 Å². The summed E-state index contributed by atoms with van der Waals surface area (Å²) in [6.07, 6.45) is 2.16. The molecule has 1 aromatic heterocycles. The average Bonchev–Trinajstić information content (AvgIpc) is 2.16. The summed E-state index contributed by atoms with van der Waals surface area (Å²) in [5.74, 6) is 0.956. The molecule has 90 valence electrons. The van der Waals surface area contributed by atoms with Gasteiger partial charge in [-0.15, -0.1) is 0 Å². The normalized spacial score (nSPS) is 10.9. The highest BCUT2D eigenvalue weighted by atomic mass is 79.9. The Balaban J connectivity index is 2.55. The van der Waals surface area contributed by atoms with Crippen LogP contribution in [0.1, 0.15) is 19.4 Å². The number of aryl methyl sites for hydroxylation is 1. The number of hydrogen-bond donors (Lipinski definition) is 0. The molecule has 1 heterocycles. The highest BCUT2D eigenvalue weighted by Crippen LogP contribution is 2.23. The molecule has 0 aromatic carbocycles. The van der Waals surface area contributed by atoms with Crippen molar-refractivity contribution >= 4 is 21.7 Å². The van der Waals surface area contributed by atoms with Gasteiger partial charge in [-0.1, -0.05) is 0 Å². The maximum atomic E-state index is 5.51. The van der Waals surface area contributed by atoms with Crippen LogP contribution in [0.5, 0.6) is 0 Å². The molecule has 0 saturated carbocycles. The van der Waals surface area contributed by atoms with Crippen LogP contribution in [-0.4, -0.2) is 31.3 Å². The zero-order valence-electron chi connectivity index (χ0n) is 10.3. The second-order valence-electron chi connectivity index (χ2n) is 4.16. The Kier molecular flexibility index (Phi) is 5.22. The Morgan fingerprint density at radius 2 is 2.19 bits per heavy atom. The highest BCUT2D eigenvalue weighted by molar-refractivity contribution is 9.10. The van der Waals surface area contributed by atoms with Crippen LogP contribution < -0.4 is 4.90 Å². The number of hydrogen-bond acceptors (Lipinski definition) is 3. The van der Waals surface area contributed by atoms with Crippen LogP contribution in [0.2, 0.25) is 0 Å². The molecule has 3 nitrogen and oxygen atoms in total. The van der Waals surface area contributed by atoms with E-state index >= 15 is 0 Å². The summed E-state index contributed by atoms with van der Waals surface area (Å²) in [5.41, 5.74) is 1.16. The van der Waals surface area contributed by atoms with Gasteiger partial charge in [-0.2, -0.15) is 0 Å². The zero-order valence-corrected chi connectivity index (χ0v) is 11.9. The lowest BCUT2D eigenvalue weighted by molar-refractivity contribution is 0.0845. The number of likely N-dealkylation sites (N-methyl/N-ethyl adjacent to an activating group) is 1. The fourth-order valence-corrected chi connectivity index (χ4v) is 2.10. The summed E-state index contributed by atoms with van der Waals surface area (Å²) in [4.78, 5) is 6.49. The van der Waals surface area contributed by atoms with E-state index in [0.717, 1.165) is 29.0 Å². The van der Waals surface area contributed by atoms with E-state index in [2.05, 4.69) is 31.9 Å². The van der Waals surface area contributed by atoms with E-state index in [1.165, 1.54) is 0 Å². The summed E-state index contributed by atoms with van der Waals surface area (Å²) >= 11 is 3.52. The van der Waals surface area contributed by atoms with Gasteiger partial charge in [-0.3, -0.25) is 0 Å². The first-order valence-electron chi connectivity index (χ1n) is 5.45. The van der Waals surface area contributed by atoms with Crippen LogP contribution >= 0.6 is 15.9 Å². The molecule has 0 bridgehead atoms. The summed E-state index contributed by atoms with van der Waals surface area (Å²) in [5, 5.41) is 0. The SMILES string of the molecule is Cc1cnc(N(C)CCOC(C)C)c(Br)c1. The van der Waals surface area contributed by atoms with Crippen LogP contribution in [0.25, 0.3) is 0 Å². The van der Waals surface area contributed by atoms with Crippen molar-refractivity contribution in [1.82, 2.24) is 4.98 Å². The summed E-state index contributed by atoms with van der Waals surface area (Å²) in [6.45, 7) is 7.67. The monoisotopic (exact) mass is 286 g/mol. The van der Waals surface area contributed by atoms with E-state index in [1.54, 1.807) is 0 Å². The van der Waals surface area contributed by atoms with Crippen molar-refractivity contribution < 1.29 is 4.74 Å². The number of nitrogens with zero attached hydrogens (tertiary/aromatic N) is 2. The van der Waals surface area contributed by atoms with E-state index < -0.39 is 0 Å². The lowest BCUT2D eigenvalue weighted by Crippen LogP contribution is -2.25. The van der Waals surface area contributed by atoms with Gasteiger partial charge in [-0.05, 0) is 48.3 Å². The van der Waals surface area contributed by atoms with Gasteiger partial charge >= 0.3 is 0 Å². The van der Waals surface area contributed by atoms with E-state index in [-0.39, 0.29) is 6.10 Å². The van der Waals surface area contributed by atoms with E-state index in [4.69, 9.17) is 4.74 Å². The van der Waals surface area contributed by atoms with E-state index in [0.29, 0.717) is 0 Å². The van der Waals surface area contributed by atoms with Crippen molar-refractivity contribution in [3.05, 3.63) is 22.3 Å². The lowest BCUT2D eigenvalue weighted by Gasteiger charge is -2.20. The number of aromatic nitrogens is 1. The molecular formula is C12H19BrN2O. The van der Waals surface area contributed by atoms with Gasteiger partial charge in [-0.25, -0.2) is 4.98 Å². The molecule has 0 aliphatic carbocycles. The Hall–Kier alpha value is -0.610. The second-order valence-corrected chi connectivity index (χ2v) is 5.01. The molecule has 1 aromatic rings. The molecule has 4 heteroatoms. The smallest absolute Gasteiger partial charge is 0.142 e. The molecule has 0 aliphatic rings. The third kappa shape index (κ3) is 4.10. The third-order valence-electron chi connectivity index (χ3n) is 2.20. The molecule has 1 rings (SSSR count). The van der Waals surface area contributed by atoms with Gasteiger partial charge in [0.15, 0.2) is 0 Å². The van der Waals surface area contributed by atoms with Crippen molar-refractivity contribution in [3.8, 4) is 0 Å². The number of anilines is 1. The lowest BCUT2D eigenvalue weighted by atomic mass is 10.3. The van der Waals surface area contributed by atoms with Crippen LogP contribution in [-0.2, 0) is 4.74 Å². The molecular weight excluding hydrogens is 268 g/mol. The van der Waals surface area contributed by atoms with Crippen molar-refractivity contribution in [3.63, 3.8) is 0 Å². The first-order chi connectivity index (χ1) is 7.50. The molecule has 0 N–H and O–H groups in total. The molecule has 0 unspecified atom stereocenters. The Morgan fingerprint density at radius 1 is 1.50 bits per heavy atom. The predicted octanol–water partition coefficient (Wildman–Crippen LogP) is 3.01. The van der Waals surface area contributed by atoms with Crippen LogP contribution in [0.4, 0.5) is 5.82 Å². The molecule has 0 radical (unpaired) electrons. The fraction of sp³-hybridized carbons (Fsp3) is 0.583. The van der Waals surface area contributed by atoms with Gasteiger partial charge in [0, 0.05) is 19.8 Å². The molecule has 0 atom stereocenters. The number of ether oxygens (including phenoxy) is 1. The van der Waals surface area contributed by atoms with E-state index in [9.17, 15) is 0 Å². The molecule has 0 saturated heterocycles. The van der Waals surface area contributed by atoms with Gasteiger partial charge < -0.3 is 9.64 Å². The van der Waals surface area contributed by atoms with Gasteiger partial charge in [0.1, 0.15) is 5.82 Å². The first kappa shape index (κ1) is 13.5. The number of halogens is 1. The minimum Gasteiger partial charge on any atom is -0.377 e. The van der Waals surface area contributed by atoms with Crippen molar-refractivity contribution in [2.24, 2.45) is 0 Å². The quantitative estimate of drug-likeness (QED) is 0.832. The maximum Gasteiger partial charge on any atom is 0.142 e. The average molecular weight is 287 g/mol. The highest BCUT2D eigenvalue weighted by Gasteiger charge is 2.07. The fourth-order valence-electron chi connectivity index (χ4n) is 1.34. The molecule has 0 fully saturated rings. The van der Waals surface area contributed by atoms with Crippen molar-refractivity contribution in [2.45, 2.75) is 26.9 Å². The molecule has 0 aliphatic heterocycles. The molecule has 0 spiro atoms. The Labute approximate surface area is 106 Å². The van der Waals surface area contributed by atoms with Gasteiger partial charge in [0.25, 0.3) is 0 Å². The molecule has 16 heavy (non-hydrogen) atoms. The minimum absolute atomic E-state index is 0.280. The van der Waals surface area contributed by atoms with Crippen LogP contribution in [0.15, 0.2) is 16.7 Å². The number of rotatable bonds is 5. The van der Waals surface area contributed by atoms with Crippen LogP contribution in [0, 0.1) is 6.92 Å². The summed E-state index contributed by atoms with van der Waals surface area (Å²) < 4.78 is 6.54. The largest absolute Gasteiger partial charge is 0.377 e. The predicted molar refractivity (Wildman–Crippen MR) is 71.0 cm³/mol. The summed E-state index contributed by atoms with van der Waals surface area (Å²) in [6, 6.07) is 2.07. The standard InChI is InChI=1S/C12H19BrN2O/c1-9(2)16-6-5-15(4)12-11(13)7-10(3)8-14-12/h7-9H,5-6H2,1-4H3. The van der Waals surface area contributed by atoms with Crippen molar-refractivity contribution in [2.75, 3.05) is 25.1 Å². The maximum absolute atomic E-state index is 5.51. The summed E-state index contributed by atoms with van der Waals surface area (Å²) in [7, 11) is 2.02. The van der Waals surface area contributed by atoms with Gasteiger partial charge in [0.05, 0.1) is 17.2 Å². The van der Waals surface area contributed by atoms with E-state index in [1.807, 2.05) is 34.0 Å². The zero-order chi connectivity index (χ0) is 12.1. The Bertz CT molecular complexity index is 342. The Morgan fingerprint density at radius 3 is 2.75 bits per heavy atom. The third-order valence-corrected chi connectivity index (χ3v) is 2.78.